The van der Waals surface area contributed by atoms with Gasteiger partial charge in [0.25, 0.3) is 0 Å². The Labute approximate surface area is 113 Å². The van der Waals surface area contributed by atoms with Gasteiger partial charge in [0.05, 0.1) is 0 Å². The summed E-state index contributed by atoms with van der Waals surface area (Å²) in [4.78, 5) is 22.9. The molecule has 6 nitrogen and oxygen atoms in total. The first-order valence-electron chi connectivity index (χ1n) is 5.91. The maximum atomic E-state index is 12.2. The first kappa shape index (κ1) is 12.3. The first-order valence-corrected chi connectivity index (χ1v) is 5.91. The topological polar surface area (TPSA) is 86.0 Å². The van der Waals surface area contributed by atoms with Crippen LogP contribution in [0.25, 0.3) is 0 Å². The third kappa shape index (κ3) is 2.11. The Kier molecular flexibility index (Phi) is 2.90. The van der Waals surface area contributed by atoms with Crippen LogP contribution in [0, 0.1) is 0 Å². The molecule has 0 amide bonds. The Hall–Kier alpha value is -2.76. The minimum Gasteiger partial charge on any atom is -0.485 e. The largest absolute Gasteiger partial charge is 0.485 e. The molecule has 0 saturated heterocycles. The number of ketones is 1. The van der Waals surface area contributed by atoms with Gasteiger partial charge in [-0.2, -0.15) is 0 Å². The SMILES string of the molecule is O=C(O)c1ccc(C(=O)C2COc3ccccc3O2)o1. The van der Waals surface area contributed by atoms with E-state index in [1.165, 1.54) is 12.1 Å². The molecule has 2 heterocycles. The van der Waals surface area contributed by atoms with Crippen molar-refractivity contribution in [1.82, 2.24) is 0 Å². The van der Waals surface area contributed by atoms with Crippen molar-refractivity contribution >= 4 is 11.8 Å². The molecule has 2 aromatic rings. The van der Waals surface area contributed by atoms with Crippen LogP contribution in [-0.4, -0.2) is 29.6 Å². The first-order chi connectivity index (χ1) is 9.65. The average Bonchev–Trinajstić information content (AvgIpc) is 2.96. The van der Waals surface area contributed by atoms with Crippen molar-refractivity contribution in [1.29, 1.82) is 0 Å². The number of para-hydroxylation sites is 2. The molecule has 6 heteroatoms. The van der Waals surface area contributed by atoms with Crippen molar-refractivity contribution in [3.63, 3.8) is 0 Å². The van der Waals surface area contributed by atoms with Gasteiger partial charge < -0.3 is 19.0 Å². The highest BCUT2D eigenvalue weighted by molar-refractivity contribution is 5.98. The average molecular weight is 274 g/mol. The number of carboxylic acids is 1. The lowest BCUT2D eigenvalue weighted by Crippen LogP contribution is -2.36. The Balaban J connectivity index is 1.80. The number of aromatic carboxylic acids is 1. The molecule has 102 valence electrons. The summed E-state index contributed by atoms with van der Waals surface area (Å²) in [5.74, 6) is -0.979. The molecule has 1 aliphatic rings. The van der Waals surface area contributed by atoms with Gasteiger partial charge in [-0.3, -0.25) is 4.79 Å². The zero-order valence-corrected chi connectivity index (χ0v) is 10.2. The van der Waals surface area contributed by atoms with E-state index in [1.807, 2.05) is 0 Å². The van der Waals surface area contributed by atoms with Crippen molar-refractivity contribution < 1.29 is 28.6 Å². The third-order valence-corrected chi connectivity index (χ3v) is 2.86. The van der Waals surface area contributed by atoms with Crippen LogP contribution in [0.2, 0.25) is 0 Å². The normalized spacial score (nSPS) is 16.7. The van der Waals surface area contributed by atoms with Crippen LogP contribution in [0.5, 0.6) is 11.5 Å². The molecule has 0 bridgehead atoms. The molecule has 1 atom stereocenters. The van der Waals surface area contributed by atoms with Gasteiger partial charge in [-0.1, -0.05) is 12.1 Å². The van der Waals surface area contributed by atoms with E-state index in [4.69, 9.17) is 19.0 Å². The molecule has 0 saturated carbocycles. The summed E-state index contributed by atoms with van der Waals surface area (Å²) in [6.45, 7) is 0.0545. The van der Waals surface area contributed by atoms with Crippen LogP contribution in [0.1, 0.15) is 21.1 Å². The van der Waals surface area contributed by atoms with E-state index in [2.05, 4.69) is 0 Å². The fraction of sp³-hybridized carbons (Fsp3) is 0.143. The number of Topliss-reactive ketones (excluding diaryl/α,β-unsaturated/α-hetero) is 1. The summed E-state index contributed by atoms with van der Waals surface area (Å²) in [6, 6.07) is 9.55. The standard InChI is InChI=1S/C14H10O6/c15-13(10-5-6-11(20-10)14(16)17)12-7-18-8-3-1-2-4-9(8)19-12/h1-6,12H,7H2,(H,16,17). The summed E-state index contributed by atoms with van der Waals surface area (Å²) in [7, 11) is 0. The van der Waals surface area contributed by atoms with E-state index in [9.17, 15) is 9.59 Å². The van der Waals surface area contributed by atoms with E-state index in [0.29, 0.717) is 11.5 Å². The highest BCUT2D eigenvalue weighted by atomic mass is 16.6. The zero-order chi connectivity index (χ0) is 14.1. The van der Waals surface area contributed by atoms with E-state index in [0.717, 1.165) is 0 Å². The Morgan fingerprint density at radius 3 is 2.45 bits per heavy atom. The lowest BCUT2D eigenvalue weighted by atomic mass is 10.1. The molecular weight excluding hydrogens is 264 g/mol. The lowest BCUT2D eigenvalue weighted by molar-refractivity contribution is 0.0552. The van der Waals surface area contributed by atoms with E-state index in [-0.39, 0.29) is 18.1 Å². The van der Waals surface area contributed by atoms with Gasteiger partial charge in [0, 0.05) is 0 Å². The Morgan fingerprint density at radius 1 is 1.05 bits per heavy atom. The molecule has 1 N–H and O–H groups in total. The number of benzene rings is 1. The summed E-state index contributed by atoms with van der Waals surface area (Å²) in [5, 5.41) is 8.76. The van der Waals surface area contributed by atoms with E-state index < -0.39 is 17.9 Å². The number of carbonyl (C=O) groups excluding carboxylic acids is 1. The minimum atomic E-state index is -1.23. The van der Waals surface area contributed by atoms with Crippen LogP contribution in [0.3, 0.4) is 0 Å². The van der Waals surface area contributed by atoms with Crippen molar-refractivity contribution in [2.75, 3.05) is 6.61 Å². The Morgan fingerprint density at radius 2 is 1.75 bits per heavy atom. The second-order valence-corrected chi connectivity index (χ2v) is 4.20. The monoisotopic (exact) mass is 274 g/mol. The maximum absolute atomic E-state index is 12.2. The van der Waals surface area contributed by atoms with Crippen LogP contribution >= 0.6 is 0 Å². The van der Waals surface area contributed by atoms with Crippen LogP contribution in [-0.2, 0) is 0 Å². The summed E-state index contributed by atoms with van der Waals surface area (Å²) in [5.41, 5.74) is 0. The molecule has 1 aromatic heterocycles. The van der Waals surface area contributed by atoms with Crippen molar-refractivity contribution in [2.45, 2.75) is 6.10 Å². The number of ether oxygens (including phenoxy) is 2. The molecule has 0 aliphatic carbocycles. The van der Waals surface area contributed by atoms with Crippen LogP contribution in [0.15, 0.2) is 40.8 Å². The van der Waals surface area contributed by atoms with Gasteiger partial charge in [-0.05, 0) is 24.3 Å². The fourth-order valence-corrected chi connectivity index (χ4v) is 1.89. The van der Waals surface area contributed by atoms with Gasteiger partial charge in [0.2, 0.25) is 11.5 Å². The predicted molar refractivity (Wildman–Crippen MR) is 66.4 cm³/mol. The van der Waals surface area contributed by atoms with Crippen LogP contribution in [0.4, 0.5) is 0 Å². The number of hydrogen-bond acceptors (Lipinski definition) is 5. The number of rotatable bonds is 3. The smallest absolute Gasteiger partial charge is 0.371 e. The molecular formula is C14H10O6. The highest BCUT2D eigenvalue weighted by Gasteiger charge is 2.30. The van der Waals surface area contributed by atoms with Gasteiger partial charge in [-0.25, -0.2) is 4.79 Å². The molecule has 0 fully saturated rings. The second-order valence-electron chi connectivity index (χ2n) is 4.20. The van der Waals surface area contributed by atoms with Crippen molar-refractivity contribution in [3.8, 4) is 11.5 Å². The predicted octanol–water partition coefficient (Wildman–Crippen LogP) is 2.00. The molecule has 1 unspecified atom stereocenters. The van der Waals surface area contributed by atoms with Gasteiger partial charge >= 0.3 is 5.97 Å². The van der Waals surface area contributed by atoms with Crippen molar-refractivity contribution in [3.05, 3.63) is 47.9 Å². The second kappa shape index (κ2) is 4.73. The summed E-state index contributed by atoms with van der Waals surface area (Å²) < 4.78 is 15.9. The molecule has 0 radical (unpaired) electrons. The number of fused-ring (bicyclic) bond motifs is 1. The quantitative estimate of drug-likeness (QED) is 0.861. The fourth-order valence-electron chi connectivity index (χ4n) is 1.89. The minimum absolute atomic E-state index is 0.0545. The number of furan rings is 1. The highest BCUT2D eigenvalue weighted by Crippen LogP contribution is 2.31. The van der Waals surface area contributed by atoms with Gasteiger partial charge in [0.1, 0.15) is 6.61 Å². The maximum Gasteiger partial charge on any atom is 0.371 e. The van der Waals surface area contributed by atoms with E-state index in [1.54, 1.807) is 24.3 Å². The summed E-state index contributed by atoms with van der Waals surface area (Å²) in [6.07, 6.45) is -0.849. The lowest BCUT2D eigenvalue weighted by Gasteiger charge is -2.24. The number of carbonyl (C=O) groups is 2. The molecule has 0 spiro atoms. The summed E-state index contributed by atoms with van der Waals surface area (Å²) >= 11 is 0. The number of carboxylic acid groups (broad SMARTS) is 1. The van der Waals surface area contributed by atoms with Gasteiger partial charge in [0.15, 0.2) is 23.4 Å². The molecule has 20 heavy (non-hydrogen) atoms. The number of hydrogen-bond donors (Lipinski definition) is 1. The molecule has 3 rings (SSSR count). The third-order valence-electron chi connectivity index (χ3n) is 2.86. The van der Waals surface area contributed by atoms with Gasteiger partial charge in [-0.15, -0.1) is 0 Å². The van der Waals surface area contributed by atoms with Crippen LogP contribution < -0.4 is 9.47 Å². The van der Waals surface area contributed by atoms with Crippen molar-refractivity contribution in [2.24, 2.45) is 0 Å². The molecule has 1 aromatic carbocycles. The Bertz CT molecular complexity index is 672. The molecule has 1 aliphatic heterocycles. The van der Waals surface area contributed by atoms with E-state index >= 15 is 0 Å². The zero-order valence-electron chi connectivity index (χ0n) is 10.2.